The number of ether oxygens (including phenoxy) is 2. The van der Waals surface area contributed by atoms with Crippen molar-refractivity contribution < 1.29 is 32.4 Å². The molecule has 0 bridgehead atoms. The third-order valence-electron chi connectivity index (χ3n) is 1.90. The lowest BCUT2D eigenvalue weighted by atomic mass is 10.1. The molecular weight excluding hydrogens is 271 g/mol. The summed E-state index contributed by atoms with van der Waals surface area (Å²) in [7, 11) is 0. The van der Waals surface area contributed by atoms with Crippen LogP contribution >= 0.6 is 0 Å². The lowest BCUT2D eigenvalue weighted by Gasteiger charge is -2.10. The number of carbonyl (C=O) groups excluding carboxylic acids is 1. The van der Waals surface area contributed by atoms with Crippen molar-refractivity contribution in [1.82, 2.24) is 0 Å². The van der Waals surface area contributed by atoms with Gasteiger partial charge in [-0.2, -0.15) is 0 Å². The monoisotopic (exact) mass is 279 g/mol. The van der Waals surface area contributed by atoms with Crippen LogP contribution < -0.4 is 4.74 Å². The second-order valence-electron chi connectivity index (χ2n) is 3.18. The van der Waals surface area contributed by atoms with Crippen molar-refractivity contribution >= 4 is 11.7 Å². The van der Waals surface area contributed by atoms with Crippen LogP contribution in [0.3, 0.4) is 0 Å². The van der Waals surface area contributed by atoms with Crippen LogP contribution in [-0.4, -0.2) is 23.9 Å². The minimum atomic E-state index is -5.10. The number of nitro groups is 1. The molecule has 0 saturated heterocycles. The zero-order valence-corrected chi connectivity index (χ0v) is 9.56. The molecule has 0 saturated carbocycles. The molecule has 0 aromatic heterocycles. The zero-order chi connectivity index (χ0) is 14.6. The van der Waals surface area contributed by atoms with E-state index >= 15 is 0 Å². The van der Waals surface area contributed by atoms with Crippen molar-refractivity contribution in [2.45, 2.75) is 13.3 Å². The number of alkyl halides is 3. The normalized spacial score (nSPS) is 10.9. The fourth-order valence-corrected chi connectivity index (χ4v) is 1.29. The number of hydrogen-bond acceptors (Lipinski definition) is 5. The topological polar surface area (TPSA) is 78.7 Å². The Morgan fingerprint density at radius 3 is 2.53 bits per heavy atom. The van der Waals surface area contributed by atoms with E-state index < -0.39 is 34.3 Å². The molecule has 0 spiro atoms. The Labute approximate surface area is 104 Å². The highest BCUT2D eigenvalue weighted by Crippen LogP contribution is 2.34. The van der Waals surface area contributed by atoms with Crippen LogP contribution in [0.25, 0.3) is 0 Å². The molecule has 0 fully saturated rings. The number of para-hydroxylation sites is 1. The van der Waals surface area contributed by atoms with Gasteiger partial charge in [0.15, 0.2) is 0 Å². The summed E-state index contributed by atoms with van der Waals surface area (Å²) >= 11 is 0. The molecular formula is C10H8F3NO5. The fraction of sp³-hybridized carbons (Fsp3) is 0.300. The zero-order valence-electron chi connectivity index (χ0n) is 9.56. The highest BCUT2D eigenvalue weighted by atomic mass is 19.4. The Bertz CT molecular complexity index is 500. The standard InChI is InChI=1S/C10H8F3NO5/c1-2-18-9(15)6-4-3-5-7(8(6)14(16)17)19-10(11,12)13/h3-5H,2H2,1H3. The van der Waals surface area contributed by atoms with Crippen LogP contribution in [0, 0.1) is 10.1 Å². The predicted molar refractivity (Wildman–Crippen MR) is 55.7 cm³/mol. The average Bonchev–Trinajstić information content (AvgIpc) is 2.26. The summed E-state index contributed by atoms with van der Waals surface area (Å²) < 4.78 is 44.4. The van der Waals surface area contributed by atoms with Gasteiger partial charge in [-0.1, -0.05) is 6.07 Å². The van der Waals surface area contributed by atoms with Crippen LogP contribution in [0.5, 0.6) is 5.75 Å². The molecule has 1 rings (SSSR count). The smallest absolute Gasteiger partial charge is 0.462 e. The first-order chi connectivity index (χ1) is 8.76. The highest BCUT2D eigenvalue weighted by Gasteiger charge is 2.36. The maximum Gasteiger partial charge on any atom is 0.573 e. The molecule has 0 aliphatic rings. The molecule has 1 aromatic rings. The summed E-state index contributed by atoms with van der Waals surface area (Å²) in [4.78, 5) is 21.1. The number of rotatable bonds is 4. The van der Waals surface area contributed by atoms with Gasteiger partial charge >= 0.3 is 18.0 Å². The van der Waals surface area contributed by atoms with Gasteiger partial charge in [0.2, 0.25) is 5.75 Å². The molecule has 9 heteroatoms. The number of hydrogen-bond donors (Lipinski definition) is 0. The lowest BCUT2D eigenvalue weighted by molar-refractivity contribution is -0.389. The van der Waals surface area contributed by atoms with Gasteiger partial charge in [-0.15, -0.1) is 13.2 Å². The van der Waals surface area contributed by atoms with Crippen molar-refractivity contribution in [3.8, 4) is 5.75 Å². The second kappa shape index (κ2) is 5.55. The van der Waals surface area contributed by atoms with Gasteiger partial charge in [0, 0.05) is 0 Å². The number of benzene rings is 1. The lowest BCUT2D eigenvalue weighted by Crippen LogP contribution is -2.19. The minimum Gasteiger partial charge on any atom is -0.462 e. The molecule has 6 nitrogen and oxygen atoms in total. The Hall–Kier alpha value is -2.32. The quantitative estimate of drug-likeness (QED) is 0.481. The van der Waals surface area contributed by atoms with E-state index in [1.807, 2.05) is 0 Å². The molecule has 0 aliphatic heterocycles. The SMILES string of the molecule is CCOC(=O)c1cccc(OC(F)(F)F)c1[N+](=O)[O-]. The van der Waals surface area contributed by atoms with Gasteiger partial charge in [-0.05, 0) is 19.1 Å². The third-order valence-corrected chi connectivity index (χ3v) is 1.90. The molecule has 19 heavy (non-hydrogen) atoms. The van der Waals surface area contributed by atoms with E-state index in [0.29, 0.717) is 0 Å². The van der Waals surface area contributed by atoms with E-state index in [1.54, 1.807) is 0 Å². The first-order valence-corrected chi connectivity index (χ1v) is 4.96. The van der Waals surface area contributed by atoms with Gasteiger partial charge in [-0.25, -0.2) is 4.79 Å². The molecule has 0 unspecified atom stereocenters. The molecule has 0 aliphatic carbocycles. The van der Waals surface area contributed by atoms with E-state index in [0.717, 1.165) is 18.2 Å². The maximum absolute atomic E-state index is 12.1. The van der Waals surface area contributed by atoms with Crippen molar-refractivity contribution in [1.29, 1.82) is 0 Å². The van der Waals surface area contributed by atoms with Gasteiger partial charge in [0.1, 0.15) is 5.56 Å². The molecule has 104 valence electrons. The van der Waals surface area contributed by atoms with Crippen LogP contribution in [0.4, 0.5) is 18.9 Å². The summed E-state index contributed by atoms with van der Waals surface area (Å²) in [5.74, 6) is -2.16. The van der Waals surface area contributed by atoms with E-state index in [1.165, 1.54) is 6.92 Å². The number of nitrogens with zero attached hydrogens (tertiary/aromatic N) is 1. The molecule has 1 aromatic carbocycles. The van der Waals surface area contributed by atoms with Crippen LogP contribution in [-0.2, 0) is 4.74 Å². The summed E-state index contributed by atoms with van der Waals surface area (Å²) in [6, 6.07) is 2.76. The van der Waals surface area contributed by atoms with Crippen LogP contribution in [0.1, 0.15) is 17.3 Å². The molecule has 0 heterocycles. The predicted octanol–water partition coefficient (Wildman–Crippen LogP) is 2.67. The van der Waals surface area contributed by atoms with Gasteiger partial charge < -0.3 is 9.47 Å². The van der Waals surface area contributed by atoms with Crippen molar-refractivity contribution in [2.24, 2.45) is 0 Å². The number of carbonyl (C=O) groups is 1. The average molecular weight is 279 g/mol. The fourth-order valence-electron chi connectivity index (χ4n) is 1.29. The first-order valence-electron chi connectivity index (χ1n) is 4.96. The third kappa shape index (κ3) is 3.83. The van der Waals surface area contributed by atoms with E-state index in [-0.39, 0.29) is 6.61 Å². The second-order valence-corrected chi connectivity index (χ2v) is 3.18. The Kier molecular flexibility index (Phi) is 4.30. The summed E-state index contributed by atoms with van der Waals surface area (Å²) in [6.45, 7) is 1.39. The largest absolute Gasteiger partial charge is 0.573 e. The van der Waals surface area contributed by atoms with Crippen LogP contribution in [0.15, 0.2) is 18.2 Å². The number of nitro benzene ring substituents is 1. The van der Waals surface area contributed by atoms with Gasteiger partial charge in [0.05, 0.1) is 11.5 Å². The molecule has 0 amide bonds. The van der Waals surface area contributed by atoms with Crippen molar-refractivity contribution in [3.05, 3.63) is 33.9 Å². The van der Waals surface area contributed by atoms with Gasteiger partial charge in [0.25, 0.3) is 0 Å². The van der Waals surface area contributed by atoms with E-state index in [4.69, 9.17) is 0 Å². The highest BCUT2D eigenvalue weighted by molar-refractivity contribution is 5.95. The Balaban J connectivity index is 3.30. The molecule has 0 atom stereocenters. The minimum absolute atomic E-state index is 0.0691. The van der Waals surface area contributed by atoms with Crippen molar-refractivity contribution in [2.75, 3.05) is 6.61 Å². The van der Waals surface area contributed by atoms with E-state index in [2.05, 4.69) is 9.47 Å². The molecule has 0 N–H and O–H groups in total. The summed E-state index contributed by atoms with van der Waals surface area (Å²) in [5, 5.41) is 10.8. The Morgan fingerprint density at radius 1 is 1.42 bits per heavy atom. The number of halogens is 3. The van der Waals surface area contributed by atoms with Crippen molar-refractivity contribution in [3.63, 3.8) is 0 Å². The summed E-state index contributed by atoms with van der Waals surface area (Å²) in [6.07, 6.45) is -5.10. The Morgan fingerprint density at radius 2 is 2.05 bits per heavy atom. The first kappa shape index (κ1) is 14.7. The molecule has 0 radical (unpaired) electrons. The summed E-state index contributed by atoms with van der Waals surface area (Å²) in [5.41, 5.74) is -1.69. The van der Waals surface area contributed by atoms with Gasteiger partial charge in [-0.3, -0.25) is 10.1 Å². The van der Waals surface area contributed by atoms with Crippen LogP contribution in [0.2, 0.25) is 0 Å². The van der Waals surface area contributed by atoms with E-state index in [9.17, 15) is 28.1 Å². The maximum atomic E-state index is 12.1. The number of esters is 1.